The molecule has 0 radical (unpaired) electrons. The number of benzene rings is 1. The molecule has 1 atom stereocenters. The van der Waals surface area contributed by atoms with Crippen LogP contribution >= 0.6 is 0 Å². The Morgan fingerprint density at radius 1 is 1.43 bits per heavy atom. The lowest BCUT2D eigenvalue weighted by Gasteiger charge is -2.08. The number of aliphatic hydroxyl groups is 1. The second kappa shape index (κ2) is 4.16. The molecule has 1 N–H and O–H groups in total. The van der Waals surface area contributed by atoms with Gasteiger partial charge < -0.3 is 5.11 Å². The fourth-order valence-corrected chi connectivity index (χ4v) is 1.13. The molecule has 74 valence electrons. The van der Waals surface area contributed by atoms with Crippen LogP contribution in [0.1, 0.15) is 30.6 Å². The largest absolute Gasteiger partial charge is 0.388 e. The first kappa shape index (κ1) is 10.6. The standard InChI is InChI=1S/C10H9F2NO/c1-2-10(14)6-3-8(11)7(5-13)9(12)4-6/h3-4,10,14H,2H2,1H3. The van der Waals surface area contributed by atoms with Crippen molar-refractivity contribution in [1.82, 2.24) is 0 Å². The zero-order valence-corrected chi connectivity index (χ0v) is 7.59. The van der Waals surface area contributed by atoms with E-state index >= 15 is 0 Å². The molecule has 14 heavy (non-hydrogen) atoms. The van der Waals surface area contributed by atoms with Gasteiger partial charge in [0.1, 0.15) is 23.3 Å². The lowest BCUT2D eigenvalue weighted by molar-refractivity contribution is 0.172. The molecule has 0 aliphatic heterocycles. The lowest BCUT2D eigenvalue weighted by atomic mass is 10.0. The first-order valence-corrected chi connectivity index (χ1v) is 4.17. The minimum absolute atomic E-state index is 0.154. The van der Waals surface area contributed by atoms with E-state index in [-0.39, 0.29) is 5.56 Å². The molecule has 0 heterocycles. The van der Waals surface area contributed by atoms with Gasteiger partial charge in [-0.2, -0.15) is 5.26 Å². The van der Waals surface area contributed by atoms with Gasteiger partial charge in [-0.1, -0.05) is 6.92 Å². The van der Waals surface area contributed by atoms with Crippen LogP contribution in [0.3, 0.4) is 0 Å². The maximum atomic E-state index is 13.0. The van der Waals surface area contributed by atoms with Gasteiger partial charge in [-0.15, -0.1) is 0 Å². The molecule has 4 heteroatoms. The van der Waals surface area contributed by atoms with Crippen molar-refractivity contribution in [2.75, 3.05) is 0 Å². The fraction of sp³-hybridized carbons (Fsp3) is 0.300. The topological polar surface area (TPSA) is 44.0 Å². The van der Waals surface area contributed by atoms with Crippen LogP contribution in [0.5, 0.6) is 0 Å². The summed E-state index contributed by atoms with van der Waals surface area (Å²) in [6, 6.07) is 3.38. The first-order chi connectivity index (χ1) is 6.60. The maximum absolute atomic E-state index is 13.0. The number of rotatable bonds is 2. The summed E-state index contributed by atoms with van der Waals surface area (Å²) in [6.45, 7) is 1.69. The highest BCUT2D eigenvalue weighted by Crippen LogP contribution is 2.21. The molecule has 0 fully saturated rings. The van der Waals surface area contributed by atoms with Gasteiger partial charge in [-0.25, -0.2) is 8.78 Å². The van der Waals surface area contributed by atoms with E-state index in [0.29, 0.717) is 6.42 Å². The third-order valence-electron chi connectivity index (χ3n) is 1.95. The average Bonchev–Trinajstić information content (AvgIpc) is 2.16. The van der Waals surface area contributed by atoms with E-state index in [9.17, 15) is 13.9 Å². The molecule has 1 rings (SSSR count). The van der Waals surface area contributed by atoms with Crippen LogP contribution in [-0.4, -0.2) is 5.11 Å². The van der Waals surface area contributed by atoms with Gasteiger partial charge in [0.25, 0.3) is 0 Å². The van der Waals surface area contributed by atoms with Gasteiger partial charge in [0, 0.05) is 0 Å². The van der Waals surface area contributed by atoms with E-state index in [1.54, 1.807) is 6.92 Å². The Morgan fingerprint density at radius 3 is 2.29 bits per heavy atom. The molecule has 1 aromatic carbocycles. The van der Waals surface area contributed by atoms with Gasteiger partial charge >= 0.3 is 0 Å². The highest BCUT2D eigenvalue weighted by atomic mass is 19.1. The van der Waals surface area contributed by atoms with Crippen LogP contribution in [0.4, 0.5) is 8.78 Å². The number of halogens is 2. The van der Waals surface area contributed by atoms with Crippen molar-refractivity contribution in [3.63, 3.8) is 0 Å². The summed E-state index contributed by atoms with van der Waals surface area (Å²) >= 11 is 0. The zero-order chi connectivity index (χ0) is 10.7. The van der Waals surface area contributed by atoms with Gasteiger partial charge in [0.05, 0.1) is 6.10 Å². The van der Waals surface area contributed by atoms with E-state index in [1.165, 1.54) is 6.07 Å². The number of hydrogen-bond donors (Lipinski definition) is 1. The highest BCUT2D eigenvalue weighted by Gasteiger charge is 2.13. The molecule has 1 aromatic rings. The smallest absolute Gasteiger partial charge is 0.144 e. The summed E-state index contributed by atoms with van der Waals surface area (Å²) < 4.78 is 26.1. The summed E-state index contributed by atoms with van der Waals surface area (Å²) in [6.07, 6.45) is -0.531. The molecule has 0 aliphatic carbocycles. The van der Waals surface area contributed by atoms with Crippen molar-refractivity contribution < 1.29 is 13.9 Å². The molecular formula is C10H9F2NO. The predicted molar refractivity (Wildman–Crippen MR) is 46.3 cm³/mol. The molecule has 0 aliphatic rings. The van der Waals surface area contributed by atoms with Crippen molar-refractivity contribution in [3.05, 3.63) is 34.9 Å². The monoisotopic (exact) mass is 197 g/mol. The van der Waals surface area contributed by atoms with Crippen LogP contribution in [-0.2, 0) is 0 Å². The summed E-state index contributed by atoms with van der Waals surface area (Å²) in [4.78, 5) is 0. The summed E-state index contributed by atoms with van der Waals surface area (Å²) in [7, 11) is 0. The summed E-state index contributed by atoms with van der Waals surface area (Å²) in [5.41, 5.74) is -0.460. The third kappa shape index (κ3) is 1.88. The van der Waals surface area contributed by atoms with Crippen molar-refractivity contribution in [1.29, 1.82) is 5.26 Å². The molecule has 0 spiro atoms. The Bertz CT molecular complexity index is 361. The van der Waals surface area contributed by atoms with E-state index in [2.05, 4.69) is 0 Å². The number of nitriles is 1. The number of aliphatic hydroxyl groups excluding tert-OH is 1. The van der Waals surface area contributed by atoms with Crippen LogP contribution in [0.25, 0.3) is 0 Å². The third-order valence-corrected chi connectivity index (χ3v) is 1.95. The fourth-order valence-electron chi connectivity index (χ4n) is 1.13. The second-order valence-electron chi connectivity index (χ2n) is 2.90. The normalized spacial score (nSPS) is 12.2. The summed E-state index contributed by atoms with van der Waals surface area (Å²) in [5.74, 6) is -1.87. The Balaban J connectivity index is 3.22. The molecule has 0 bridgehead atoms. The maximum Gasteiger partial charge on any atom is 0.144 e. The van der Waals surface area contributed by atoms with E-state index < -0.39 is 23.3 Å². The molecular weight excluding hydrogens is 188 g/mol. The molecule has 0 saturated heterocycles. The van der Waals surface area contributed by atoms with Crippen molar-refractivity contribution in [3.8, 4) is 6.07 Å². The molecule has 0 saturated carbocycles. The SMILES string of the molecule is CCC(O)c1cc(F)c(C#N)c(F)c1. The quantitative estimate of drug-likeness (QED) is 0.790. The Labute approximate surface area is 80.4 Å². The van der Waals surface area contributed by atoms with Crippen molar-refractivity contribution in [2.45, 2.75) is 19.4 Å². The average molecular weight is 197 g/mol. The van der Waals surface area contributed by atoms with Crippen LogP contribution in [0.2, 0.25) is 0 Å². The first-order valence-electron chi connectivity index (χ1n) is 4.17. The lowest BCUT2D eigenvalue weighted by Crippen LogP contribution is -2.00. The van der Waals surface area contributed by atoms with Gasteiger partial charge in [-0.3, -0.25) is 0 Å². The molecule has 0 amide bonds. The minimum Gasteiger partial charge on any atom is -0.388 e. The number of hydrogen-bond acceptors (Lipinski definition) is 2. The van der Waals surface area contributed by atoms with Crippen molar-refractivity contribution >= 4 is 0 Å². The van der Waals surface area contributed by atoms with Crippen LogP contribution in [0.15, 0.2) is 12.1 Å². The van der Waals surface area contributed by atoms with Crippen molar-refractivity contribution in [2.24, 2.45) is 0 Å². The highest BCUT2D eigenvalue weighted by molar-refractivity contribution is 5.35. The molecule has 0 aromatic heterocycles. The van der Waals surface area contributed by atoms with E-state index in [0.717, 1.165) is 12.1 Å². The van der Waals surface area contributed by atoms with E-state index in [4.69, 9.17) is 5.26 Å². The van der Waals surface area contributed by atoms with E-state index in [1.807, 2.05) is 0 Å². The minimum atomic E-state index is -0.935. The van der Waals surface area contributed by atoms with Gasteiger partial charge in [-0.05, 0) is 24.1 Å². The Kier molecular flexibility index (Phi) is 3.15. The predicted octanol–water partition coefficient (Wildman–Crippen LogP) is 2.28. The Morgan fingerprint density at radius 2 is 1.93 bits per heavy atom. The van der Waals surface area contributed by atoms with Gasteiger partial charge in [0.2, 0.25) is 0 Å². The summed E-state index contributed by atoms with van der Waals surface area (Å²) in [5, 5.41) is 17.7. The number of nitrogens with zero attached hydrogens (tertiary/aromatic N) is 1. The zero-order valence-electron chi connectivity index (χ0n) is 7.59. The van der Waals surface area contributed by atoms with Gasteiger partial charge in [0.15, 0.2) is 0 Å². The van der Waals surface area contributed by atoms with Crippen LogP contribution in [0, 0.1) is 23.0 Å². The molecule has 2 nitrogen and oxygen atoms in total. The van der Waals surface area contributed by atoms with Crippen LogP contribution < -0.4 is 0 Å². The second-order valence-corrected chi connectivity index (χ2v) is 2.90. The Hall–Kier alpha value is -1.47. The molecule has 1 unspecified atom stereocenters.